The number of alkyl halides is 3. The molecule has 0 aromatic heterocycles. The van der Waals surface area contributed by atoms with Crippen LogP contribution in [0, 0.1) is 11.7 Å². The van der Waals surface area contributed by atoms with E-state index in [9.17, 15) is 22.4 Å². The van der Waals surface area contributed by atoms with Crippen LogP contribution in [0.15, 0.2) is 18.2 Å². The highest BCUT2D eigenvalue weighted by molar-refractivity contribution is 5.78. The van der Waals surface area contributed by atoms with Crippen LogP contribution in [0.3, 0.4) is 0 Å². The summed E-state index contributed by atoms with van der Waals surface area (Å²) in [5, 5.41) is 11.5. The average molecular weight is 348 g/mol. The second-order valence-electron chi connectivity index (χ2n) is 5.98. The van der Waals surface area contributed by atoms with E-state index in [1.54, 1.807) is 0 Å². The van der Waals surface area contributed by atoms with Crippen molar-refractivity contribution in [1.82, 2.24) is 10.2 Å². The summed E-state index contributed by atoms with van der Waals surface area (Å²) in [4.78, 5) is 13.8. The molecule has 2 N–H and O–H groups in total. The number of aliphatic hydroxyl groups is 1. The fraction of sp³-hybridized carbons (Fsp3) is 0.562. The number of halogens is 4. The molecule has 1 saturated heterocycles. The molecule has 1 heterocycles. The van der Waals surface area contributed by atoms with E-state index in [0.29, 0.717) is 19.2 Å². The summed E-state index contributed by atoms with van der Waals surface area (Å²) < 4.78 is 51.7. The standard InChI is InChI=1S/C16H20F4N2O2/c17-13-2-1-12(14(7-13)16(18,19)20)8-21-15(24)9-22-5-3-11(10-23)4-6-22/h1-2,7,11,23H,3-6,8-10H2,(H,21,24). The van der Waals surface area contributed by atoms with Crippen molar-refractivity contribution in [3.8, 4) is 0 Å². The Kier molecular flexibility index (Phi) is 6.17. The summed E-state index contributed by atoms with van der Waals surface area (Å²) in [5.74, 6) is -1.10. The Hall–Kier alpha value is -1.67. The van der Waals surface area contributed by atoms with E-state index in [2.05, 4.69) is 5.32 Å². The van der Waals surface area contributed by atoms with Crippen LogP contribution < -0.4 is 5.32 Å². The van der Waals surface area contributed by atoms with E-state index in [4.69, 9.17) is 5.11 Å². The van der Waals surface area contributed by atoms with Gasteiger partial charge in [0.15, 0.2) is 0 Å². The molecule has 0 saturated carbocycles. The van der Waals surface area contributed by atoms with Crippen LogP contribution in [0.1, 0.15) is 24.0 Å². The van der Waals surface area contributed by atoms with Gasteiger partial charge in [-0.15, -0.1) is 0 Å². The quantitative estimate of drug-likeness (QED) is 0.802. The summed E-state index contributed by atoms with van der Waals surface area (Å²) in [6.45, 7) is 1.26. The topological polar surface area (TPSA) is 52.6 Å². The molecule has 24 heavy (non-hydrogen) atoms. The number of nitrogens with one attached hydrogen (secondary N) is 1. The van der Waals surface area contributed by atoms with Gasteiger partial charge in [-0.05, 0) is 49.5 Å². The van der Waals surface area contributed by atoms with E-state index < -0.39 is 17.6 Å². The van der Waals surface area contributed by atoms with Gasteiger partial charge in [0.1, 0.15) is 5.82 Å². The van der Waals surface area contributed by atoms with Crippen molar-refractivity contribution in [2.45, 2.75) is 25.6 Å². The number of nitrogens with zero attached hydrogens (tertiary/aromatic N) is 1. The first-order chi connectivity index (χ1) is 11.3. The number of hydrogen-bond acceptors (Lipinski definition) is 3. The van der Waals surface area contributed by atoms with E-state index in [0.717, 1.165) is 25.0 Å². The highest BCUT2D eigenvalue weighted by Crippen LogP contribution is 2.32. The van der Waals surface area contributed by atoms with Gasteiger partial charge in [-0.2, -0.15) is 13.2 Å². The predicted molar refractivity (Wildman–Crippen MR) is 79.5 cm³/mol. The van der Waals surface area contributed by atoms with Gasteiger partial charge in [0.2, 0.25) is 5.91 Å². The van der Waals surface area contributed by atoms with Crippen molar-refractivity contribution in [1.29, 1.82) is 0 Å². The molecule has 1 aromatic carbocycles. The van der Waals surface area contributed by atoms with Crippen molar-refractivity contribution < 1.29 is 27.5 Å². The Bertz CT molecular complexity index is 570. The molecule has 1 aromatic rings. The highest BCUT2D eigenvalue weighted by atomic mass is 19.4. The van der Waals surface area contributed by atoms with Crippen LogP contribution in [0.2, 0.25) is 0 Å². The van der Waals surface area contributed by atoms with Gasteiger partial charge >= 0.3 is 6.18 Å². The molecule has 2 rings (SSSR count). The Balaban J connectivity index is 1.88. The van der Waals surface area contributed by atoms with E-state index in [1.165, 1.54) is 0 Å². The summed E-state index contributed by atoms with van der Waals surface area (Å²) in [6, 6.07) is 2.41. The Morgan fingerprint density at radius 3 is 2.54 bits per heavy atom. The van der Waals surface area contributed by atoms with Crippen molar-refractivity contribution >= 4 is 5.91 Å². The van der Waals surface area contributed by atoms with Crippen LogP contribution in [-0.4, -0.2) is 42.2 Å². The zero-order valence-electron chi connectivity index (χ0n) is 13.1. The van der Waals surface area contributed by atoms with Gasteiger partial charge < -0.3 is 10.4 Å². The van der Waals surface area contributed by atoms with E-state index in [-0.39, 0.29) is 37.1 Å². The number of hydrogen-bond donors (Lipinski definition) is 2. The number of piperidine rings is 1. The Morgan fingerprint density at radius 2 is 1.96 bits per heavy atom. The summed E-state index contributed by atoms with van der Waals surface area (Å²) in [7, 11) is 0. The molecule has 1 amide bonds. The van der Waals surface area contributed by atoms with E-state index >= 15 is 0 Å². The third-order valence-corrected chi connectivity index (χ3v) is 4.19. The van der Waals surface area contributed by atoms with Gasteiger partial charge in [-0.3, -0.25) is 9.69 Å². The monoisotopic (exact) mass is 348 g/mol. The smallest absolute Gasteiger partial charge is 0.396 e. The lowest BCUT2D eigenvalue weighted by Gasteiger charge is -2.30. The van der Waals surface area contributed by atoms with Crippen LogP contribution in [0.5, 0.6) is 0 Å². The molecule has 0 radical (unpaired) electrons. The first-order valence-electron chi connectivity index (χ1n) is 7.75. The van der Waals surface area contributed by atoms with E-state index in [1.807, 2.05) is 4.90 Å². The summed E-state index contributed by atoms with van der Waals surface area (Å²) >= 11 is 0. The normalized spacial score (nSPS) is 17.0. The highest BCUT2D eigenvalue weighted by Gasteiger charge is 2.33. The minimum Gasteiger partial charge on any atom is -0.396 e. The van der Waals surface area contributed by atoms with Crippen LogP contribution in [-0.2, 0) is 17.5 Å². The molecule has 1 aliphatic heterocycles. The van der Waals surface area contributed by atoms with Crippen LogP contribution in [0.25, 0.3) is 0 Å². The fourth-order valence-corrected chi connectivity index (χ4v) is 2.75. The van der Waals surface area contributed by atoms with Crippen LogP contribution >= 0.6 is 0 Å². The molecular weight excluding hydrogens is 328 g/mol. The number of carbonyl (C=O) groups excluding carboxylic acids is 1. The van der Waals surface area contributed by atoms with Gasteiger partial charge in [-0.25, -0.2) is 4.39 Å². The Morgan fingerprint density at radius 1 is 1.29 bits per heavy atom. The largest absolute Gasteiger partial charge is 0.416 e. The fourth-order valence-electron chi connectivity index (χ4n) is 2.75. The lowest BCUT2D eigenvalue weighted by Crippen LogP contribution is -2.41. The summed E-state index contributed by atoms with van der Waals surface area (Å²) in [5.41, 5.74) is -1.25. The van der Waals surface area contributed by atoms with Crippen LogP contribution in [0.4, 0.5) is 17.6 Å². The minimum atomic E-state index is -4.67. The lowest BCUT2D eigenvalue weighted by atomic mass is 9.98. The molecule has 4 nitrogen and oxygen atoms in total. The molecule has 0 unspecified atom stereocenters. The molecule has 0 aliphatic carbocycles. The van der Waals surface area contributed by atoms with Gasteiger partial charge in [0, 0.05) is 13.2 Å². The minimum absolute atomic E-state index is 0.0979. The van der Waals surface area contributed by atoms with Crippen molar-refractivity contribution in [3.63, 3.8) is 0 Å². The van der Waals surface area contributed by atoms with Gasteiger partial charge in [0.05, 0.1) is 12.1 Å². The third kappa shape index (κ3) is 5.17. The number of benzene rings is 1. The molecule has 8 heteroatoms. The van der Waals surface area contributed by atoms with Crippen molar-refractivity contribution in [2.75, 3.05) is 26.2 Å². The summed E-state index contributed by atoms with van der Waals surface area (Å²) in [6.07, 6.45) is -3.09. The molecule has 0 spiro atoms. The van der Waals surface area contributed by atoms with Crippen molar-refractivity contribution in [3.05, 3.63) is 35.1 Å². The SMILES string of the molecule is O=C(CN1CCC(CO)CC1)NCc1ccc(F)cc1C(F)(F)F. The number of carbonyl (C=O) groups is 1. The molecule has 0 bridgehead atoms. The lowest BCUT2D eigenvalue weighted by molar-refractivity contribution is -0.138. The molecule has 0 atom stereocenters. The first-order valence-corrected chi connectivity index (χ1v) is 7.75. The average Bonchev–Trinajstić information content (AvgIpc) is 2.53. The maximum absolute atomic E-state index is 13.0. The number of likely N-dealkylation sites (tertiary alicyclic amines) is 1. The zero-order valence-corrected chi connectivity index (χ0v) is 13.1. The second-order valence-corrected chi connectivity index (χ2v) is 5.98. The number of rotatable bonds is 5. The van der Waals surface area contributed by atoms with Crippen molar-refractivity contribution in [2.24, 2.45) is 5.92 Å². The molecular formula is C16H20F4N2O2. The number of amides is 1. The predicted octanol–water partition coefficient (Wildman–Crippen LogP) is 2.17. The first kappa shape index (κ1) is 18.7. The van der Waals surface area contributed by atoms with Gasteiger partial charge in [-0.1, -0.05) is 6.07 Å². The maximum atomic E-state index is 13.0. The van der Waals surface area contributed by atoms with Gasteiger partial charge in [0.25, 0.3) is 0 Å². The number of aliphatic hydroxyl groups excluding tert-OH is 1. The molecule has 1 fully saturated rings. The molecule has 1 aliphatic rings. The second kappa shape index (κ2) is 7.94. The zero-order chi connectivity index (χ0) is 17.7. The third-order valence-electron chi connectivity index (χ3n) is 4.19. The maximum Gasteiger partial charge on any atom is 0.416 e. The molecule has 134 valence electrons. The Labute approximate surface area is 137 Å².